The Bertz CT molecular complexity index is 1190. The van der Waals surface area contributed by atoms with E-state index < -0.39 is 11.5 Å². The number of aliphatic hydroxyl groups excluding tert-OH is 1. The molecule has 5 nitrogen and oxygen atoms in total. The first-order chi connectivity index (χ1) is 17.4. The monoisotopic (exact) mass is 601 g/mol. The van der Waals surface area contributed by atoms with Crippen LogP contribution in [0.1, 0.15) is 55.4 Å². The molecular weight excluding hydrogens is 565 g/mol. The Hall–Kier alpha value is -1.35. The van der Waals surface area contributed by atoms with Crippen molar-refractivity contribution in [2.45, 2.75) is 68.8 Å². The Kier molecular flexibility index (Phi) is 5.33. The summed E-state index contributed by atoms with van der Waals surface area (Å²) in [5.74, 6) is 1.73. The van der Waals surface area contributed by atoms with E-state index in [4.69, 9.17) is 9.47 Å². The summed E-state index contributed by atoms with van der Waals surface area (Å²) in [5.41, 5.74) is 2.64. The number of nitrogens with zero attached hydrogens (tertiary/aromatic N) is 1. The zero-order chi connectivity index (χ0) is 24.9. The van der Waals surface area contributed by atoms with Crippen LogP contribution in [0.5, 0.6) is 11.5 Å². The number of likely N-dealkylation sites (tertiary alicyclic amines) is 1. The lowest BCUT2D eigenvalue weighted by atomic mass is 9.39. The Morgan fingerprint density at radius 3 is 2.67 bits per heavy atom. The van der Waals surface area contributed by atoms with Crippen molar-refractivity contribution >= 4 is 22.6 Å². The molecule has 2 saturated carbocycles. The average Bonchev–Trinajstić information content (AvgIpc) is 3.64. The van der Waals surface area contributed by atoms with E-state index >= 15 is 0 Å². The van der Waals surface area contributed by atoms with Crippen molar-refractivity contribution < 1.29 is 19.7 Å². The molecule has 2 aromatic rings. The fourth-order valence-electron chi connectivity index (χ4n) is 8.95. The minimum atomic E-state index is -0.680. The fourth-order valence-corrected chi connectivity index (χ4v) is 10.4. The standard InChI is InChI=1S/C30H36INO4/c1-28(25(34)19-6-4-3-5-7-19)16-29(17-31)22-14-20-10-11-21(33)24-23(20)30(29,27(36-24)26(28)35-2)12-13-32(22)15-18-8-9-18/h3-7,10-11,18,22,25-27,33-34H,8-9,12-17H2,1-2H3/t22-,25-,26?,27+,28-,29+,30+/m1/s1. The number of aliphatic hydroxyl groups is 1. The van der Waals surface area contributed by atoms with Gasteiger partial charge in [0, 0.05) is 45.9 Å². The van der Waals surface area contributed by atoms with Crippen molar-refractivity contribution in [1.82, 2.24) is 4.90 Å². The topological polar surface area (TPSA) is 62.2 Å². The van der Waals surface area contributed by atoms with E-state index in [9.17, 15) is 10.2 Å². The highest BCUT2D eigenvalue weighted by Crippen LogP contribution is 2.73. The van der Waals surface area contributed by atoms with Gasteiger partial charge in [0.15, 0.2) is 11.5 Å². The molecule has 0 aromatic heterocycles. The molecule has 2 aliphatic heterocycles. The summed E-state index contributed by atoms with van der Waals surface area (Å²) >= 11 is 2.62. The van der Waals surface area contributed by atoms with Gasteiger partial charge in [0.05, 0.1) is 6.10 Å². The molecule has 0 radical (unpaired) electrons. The van der Waals surface area contributed by atoms with Crippen LogP contribution >= 0.6 is 22.6 Å². The van der Waals surface area contributed by atoms with Gasteiger partial charge in [-0.1, -0.05) is 65.9 Å². The van der Waals surface area contributed by atoms with Gasteiger partial charge >= 0.3 is 0 Å². The molecule has 2 heterocycles. The summed E-state index contributed by atoms with van der Waals surface area (Å²) in [6, 6.07) is 14.4. The SMILES string of the molecule is COC1[C@@H]2Oc3c(O)ccc4c3[C@@]23CCN(CC2CC2)[C@H](C4)[C@@]3(CI)C[C@]1(C)[C@H](O)c1ccccc1. The molecule has 192 valence electrons. The van der Waals surface area contributed by atoms with Crippen molar-refractivity contribution in [2.24, 2.45) is 16.7 Å². The molecule has 1 spiro atoms. The molecule has 7 atom stereocenters. The number of rotatable bonds is 6. The second kappa shape index (κ2) is 8.08. The molecule has 2 N–H and O–H groups in total. The number of phenolic OH excluding ortho intramolecular Hbond substituents is 1. The van der Waals surface area contributed by atoms with Crippen LogP contribution in [0.15, 0.2) is 42.5 Å². The molecule has 1 unspecified atom stereocenters. The lowest BCUT2D eigenvalue weighted by molar-refractivity contribution is -0.231. The van der Waals surface area contributed by atoms with Crippen LogP contribution in [-0.2, 0) is 16.6 Å². The molecule has 5 aliphatic rings. The van der Waals surface area contributed by atoms with E-state index in [1.165, 1.54) is 30.5 Å². The normalized spacial score (nSPS) is 39.4. The van der Waals surface area contributed by atoms with Gasteiger partial charge in [-0.3, -0.25) is 4.90 Å². The van der Waals surface area contributed by atoms with Gasteiger partial charge in [0.25, 0.3) is 0 Å². The second-order valence-corrected chi connectivity index (χ2v) is 13.1. The molecule has 36 heavy (non-hydrogen) atoms. The third-order valence-electron chi connectivity index (χ3n) is 10.6. The summed E-state index contributed by atoms with van der Waals surface area (Å²) in [6.07, 6.45) is 4.30. The van der Waals surface area contributed by atoms with Crippen LogP contribution in [0, 0.1) is 16.7 Å². The molecule has 7 rings (SSSR count). The van der Waals surface area contributed by atoms with E-state index in [-0.39, 0.29) is 28.8 Å². The number of methoxy groups -OCH3 is 1. The number of aromatic hydroxyl groups is 1. The quantitative estimate of drug-likeness (QED) is 0.360. The number of ether oxygens (including phenoxy) is 2. The fraction of sp³-hybridized carbons (Fsp3) is 0.600. The van der Waals surface area contributed by atoms with E-state index in [0.717, 1.165) is 41.7 Å². The van der Waals surface area contributed by atoms with Gasteiger partial charge in [-0.25, -0.2) is 0 Å². The molecule has 3 fully saturated rings. The van der Waals surface area contributed by atoms with E-state index in [0.29, 0.717) is 11.8 Å². The van der Waals surface area contributed by atoms with Crippen LogP contribution in [0.4, 0.5) is 0 Å². The van der Waals surface area contributed by atoms with Crippen molar-refractivity contribution in [1.29, 1.82) is 0 Å². The third-order valence-corrected chi connectivity index (χ3v) is 12.0. The van der Waals surface area contributed by atoms with Crippen LogP contribution in [0.3, 0.4) is 0 Å². The number of piperidine rings is 1. The number of hydrogen-bond acceptors (Lipinski definition) is 5. The average molecular weight is 602 g/mol. The third kappa shape index (κ3) is 2.88. The Morgan fingerprint density at radius 2 is 1.97 bits per heavy atom. The summed E-state index contributed by atoms with van der Waals surface area (Å²) in [7, 11) is 1.77. The van der Waals surface area contributed by atoms with Gasteiger partial charge in [0.1, 0.15) is 12.2 Å². The van der Waals surface area contributed by atoms with Crippen molar-refractivity contribution in [3.8, 4) is 11.5 Å². The smallest absolute Gasteiger partial charge is 0.165 e. The molecule has 1 saturated heterocycles. The lowest BCUT2D eigenvalue weighted by Crippen LogP contribution is -2.77. The first-order valence-electron chi connectivity index (χ1n) is 13.5. The van der Waals surface area contributed by atoms with Crippen molar-refractivity contribution in [2.75, 3.05) is 24.6 Å². The number of alkyl halides is 1. The largest absolute Gasteiger partial charge is 0.504 e. The highest BCUT2D eigenvalue weighted by Gasteiger charge is 2.77. The van der Waals surface area contributed by atoms with Gasteiger partial charge in [0.2, 0.25) is 0 Å². The van der Waals surface area contributed by atoms with E-state index in [1.807, 2.05) is 36.4 Å². The zero-order valence-corrected chi connectivity index (χ0v) is 23.3. The zero-order valence-electron chi connectivity index (χ0n) is 21.1. The Morgan fingerprint density at radius 1 is 1.19 bits per heavy atom. The Labute approximate surface area is 227 Å². The first kappa shape index (κ1) is 23.7. The molecule has 2 bridgehead atoms. The maximum atomic E-state index is 12.0. The molecule has 2 aromatic carbocycles. The maximum absolute atomic E-state index is 12.0. The van der Waals surface area contributed by atoms with E-state index in [2.05, 4.69) is 40.5 Å². The molecule has 0 amide bonds. The van der Waals surface area contributed by atoms with Gasteiger partial charge in [-0.15, -0.1) is 0 Å². The van der Waals surface area contributed by atoms with Crippen LogP contribution in [-0.4, -0.2) is 58.0 Å². The summed E-state index contributed by atoms with van der Waals surface area (Å²) in [5, 5.41) is 23.0. The maximum Gasteiger partial charge on any atom is 0.165 e. The number of hydrogen-bond donors (Lipinski definition) is 2. The van der Waals surface area contributed by atoms with Crippen molar-refractivity contribution in [3.05, 3.63) is 59.2 Å². The number of phenols is 1. The number of benzene rings is 2. The minimum absolute atomic E-state index is 0.0864. The summed E-state index contributed by atoms with van der Waals surface area (Å²) in [6.45, 7) is 4.45. The van der Waals surface area contributed by atoms with Gasteiger partial charge in [-0.05, 0) is 61.8 Å². The summed E-state index contributed by atoms with van der Waals surface area (Å²) in [4.78, 5) is 2.79. The van der Waals surface area contributed by atoms with Crippen LogP contribution in [0.2, 0.25) is 0 Å². The summed E-state index contributed by atoms with van der Waals surface area (Å²) < 4.78 is 14.2. The lowest BCUT2D eigenvalue weighted by Gasteiger charge is -2.70. The van der Waals surface area contributed by atoms with E-state index in [1.54, 1.807) is 7.11 Å². The highest BCUT2D eigenvalue weighted by atomic mass is 127. The highest BCUT2D eigenvalue weighted by molar-refractivity contribution is 14.1. The predicted octanol–water partition coefficient (Wildman–Crippen LogP) is 5.01. The molecular formula is C30H36INO4. The molecule has 3 aliphatic carbocycles. The first-order valence-corrected chi connectivity index (χ1v) is 15.0. The minimum Gasteiger partial charge on any atom is -0.504 e. The van der Waals surface area contributed by atoms with Crippen LogP contribution < -0.4 is 4.74 Å². The second-order valence-electron chi connectivity index (χ2n) is 12.3. The van der Waals surface area contributed by atoms with Crippen LogP contribution in [0.25, 0.3) is 0 Å². The molecule has 6 heteroatoms. The van der Waals surface area contributed by atoms with Crippen molar-refractivity contribution in [3.63, 3.8) is 0 Å². The Balaban J connectivity index is 1.45. The predicted molar refractivity (Wildman–Crippen MR) is 147 cm³/mol. The van der Waals surface area contributed by atoms with Gasteiger partial charge in [-0.2, -0.15) is 0 Å². The number of halogens is 1. The van der Waals surface area contributed by atoms with Gasteiger partial charge < -0.3 is 19.7 Å².